The molecule has 2 aliphatic rings. The summed E-state index contributed by atoms with van der Waals surface area (Å²) >= 11 is 0. The molecule has 7 nitrogen and oxygen atoms in total. The maximum atomic E-state index is 12.2. The van der Waals surface area contributed by atoms with Gasteiger partial charge in [0.25, 0.3) is 5.91 Å². The van der Waals surface area contributed by atoms with Crippen molar-refractivity contribution < 1.29 is 14.3 Å². The van der Waals surface area contributed by atoms with Crippen molar-refractivity contribution in [3.8, 4) is 11.5 Å². The van der Waals surface area contributed by atoms with Gasteiger partial charge >= 0.3 is 0 Å². The standard InChI is InChI=1S/C15H16N4O3/c20-15(12-9-21-10-4-1-2-5-11(10)22-12)16-8-14-18-17-13-6-3-7-19(13)14/h1-2,4-5,12H,3,6-9H2,(H,16,20)/t12-/m0/s1. The van der Waals surface area contributed by atoms with E-state index in [9.17, 15) is 4.79 Å². The Bertz CT molecular complexity index is 713. The minimum absolute atomic E-state index is 0.204. The van der Waals surface area contributed by atoms with E-state index in [-0.39, 0.29) is 12.5 Å². The third-order valence-corrected chi connectivity index (χ3v) is 3.91. The topological polar surface area (TPSA) is 78.3 Å². The van der Waals surface area contributed by atoms with E-state index in [1.54, 1.807) is 6.07 Å². The molecule has 2 aromatic rings. The van der Waals surface area contributed by atoms with E-state index in [2.05, 4.69) is 20.1 Å². The number of hydrogen-bond donors (Lipinski definition) is 1. The molecule has 1 atom stereocenters. The molecule has 2 aliphatic heterocycles. The predicted octanol–water partition coefficient (Wildman–Crippen LogP) is 0.680. The predicted molar refractivity (Wildman–Crippen MR) is 76.5 cm³/mol. The van der Waals surface area contributed by atoms with Crippen molar-refractivity contribution in [2.24, 2.45) is 0 Å². The number of nitrogens with zero attached hydrogens (tertiary/aromatic N) is 3. The summed E-state index contributed by atoms with van der Waals surface area (Å²) in [5, 5.41) is 11.1. The molecule has 0 bridgehead atoms. The second kappa shape index (κ2) is 5.32. The zero-order valence-corrected chi connectivity index (χ0v) is 12.0. The Morgan fingerprint density at radius 1 is 1.32 bits per heavy atom. The number of fused-ring (bicyclic) bond motifs is 2. The lowest BCUT2D eigenvalue weighted by Crippen LogP contribution is -2.44. The van der Waals surface area contributed by atoms with Crippen molar-refractivity contribution in [1.29, 1.82) is 0 Å². The van der Waals surface area contributed by atoms with E-state index in [0.29, 0.717) is 18.0 Å². The second-order valence-corrected chi connectivity index (χ2v) is 5.37. The van der Waals surface area contributed by atoms with Crippen molar-refractivity contribution in [3.63, 3.8) is 0 Å². The molecule has 22 heavy (non-hydrogen) atoms. The van der Waals surface area contributed by atoms with Crippen LogP contribution in [0.15, 0.2) is 24.3 Å². The lowest BCUT2D eigenvalue weighted by molar-refractivity contribution is -0.130. The third-order valence-electron chi connectivity index (χ3n) is 3.91. The van der Waals surface area contributed by atoms with Crippen LogP contribution in [0.5, 0.6) is 11.5 Å². The first-order chi connectivity index (χ1) is 10.8. The molecule has 0 radical (unpaired) electrons. The van der Waals surface area contributed by atoms with Crippen LogP contribution < -0.4 is 14.8 Å². The molecule has 3 heterocycles. The Hall–Kier alpha value is -2.57. The lowest BCUT2D eigenvalue weighted by atomic mass is 10.2. The summed E-state index contributed by atoms with van der Waals surface area (Å²) in [6, 6.07) is 7.33. The van der Waals surface area contributed by atoms with Crippen LogP contribution in [0.2, 0.25) is 0 Å². The number of amides is 1. The van der Waals surface area contributed by atoms with Gasteiger partial charge in [0.15, 0.2) is 17.3 Å². The molecule has 0 aliphatic carbocycles. The molecule has 4 rings (SSSR count). The van der Waals surface area contributed by atoms with Gasteiger partial charge in [-0.25, -0.2) is 0 Å². The number of aromatic nitrogens is 3. The number of aryl methyl sites for hydroxylation is 1. The molecule has 1 aromatic heterocycles. The van der Waals surface area contributed by atoms with E-state index in [0.717, 1.165) is 31.0 Å². The van der Waals surface area contributed by atoms with Gasteiger partial charge in [0, 0.05) is 13.0 Å². The zero-order chi connectivity index (χ0) is 14.9. The normalized spacial score (nSPS) is 18.8. The summed E-state index contributed by atoms with van der Waals surface area (Å²) in [4.78, 5) is 12.2. The fourth-order valence-electron chi connectivity index (χ4n) is 2.77. The average Bonchev–Trinajstić information content (AvgIpc) is 3.16. The van der Waals surface area contributed by atoms with Crippen LogP contribution in [0.1, 0.15) is 18.1 Å². The molecule has 0 fully saturated rings. The summed E-state index contributed by atoms with van der Waals surface area (Å²) < 4.78 is 13.3. The zero-order valence-electron chi connectivity index (χ0n) is 12.0. The molecule has 1 aromatic carbocycles. The number of nitrogens with one attached hydrogen (secondary N) is 1. The molecule has 1 N–H and O–H groups in total. The van der Waals surface area contributed by atoms with Gasteiger partial charge in [0.1, 0.15) is 12.4 Å². The number of carbonyl (C=O) groups is 1. The summed E-state index contributed by atoms with van der Waals surface area (Å²) in [7, 11) is 0. The highest BCUT2D eigenvalue weighted by Gasteiger charge is 2.27. The van der Waals surface area contributed by atoms with Crippen LogP contribution in [0.25, 0.3) is 0 Å². The number of benzene rings is 1. The van der Waals surface area contributed by atoms with Gasteiger partial charge in [-0.15, -0.1) is 10.2 Å². The number of carbonyl (C=O) groups excluding carboxylic acids is 1. The van der Waals surface area contributed by atoms with Gasteiger partial charge in [0.2, 0.25) is 6.10 Å². The first kappa shape index (κ1) is 13.1. The first-order valence-corrected chi connectivity index (χ1v) is 7.38. The quantitative estimate of drug-likeness (QED) is 0.902. The summed E-state index contributed by atoms with van der Waals surface area (Å²) in [5.74, 6) is 2.84. The molecule has 0 saturated heterocycles. The van der Waals surface area contributed by atoms with Crippen LogP contribution in [-0.2, 0) is 24.3 Å². The van der Waals surface area contributed by atoms with Crippen molar-refractivity contribution in [2.45, 2.75) is 32.0 Å². The summed E-state index contributed by atoms with van der Waals surface area (Å²) in [6.07, 6.45) is 1.40. The fourth-order valence-corrected chi connectivity index (χ4v) is 2.77. The smallest absolute Gasteiger partial charge is 0.265 e. The summed E-state index contributed by atoms with van der Waals surface area (Å²) in [5.41, 5.74) is 0. The molecular weight excluding hydrogens is 284 g/mol. The van der Waals surface area contributed by atoms with Crippen molar-refractivity contribution in [3.05, 3.63) is 35.9 Å². The molecule has 1 amide bonds. The first-order valence-electron chi connectivity index (χ1n) is 7.38. The van der Waals surface area contributed by atoms with Crippen molar-refractivity contribution in [1.82, 2.24) is 20.1 Å². The second-order valence-electron chi connectivity index (χ2n) is 5.37. The van der Waals surface area contributed by atoms with Crippen molar-refractivity contribution in [2.75, 3.05) is 6.61 Å². The Morgan fingerprint density at radius 2 is 2.18 bits per heavy atom. The van der Waals surface area contributed by atoms with E-state index >= 15 is 0 Å². The van der Waals surface area contributed by atoms with Gasteiger partial charge < -0.3 is 19.4 Å². The Labute approximate surface area is 127 Å². The van der Waals surface area contributed by atoms with Crippen molar-refractivity contribution >= 4 is 5.91 Å². The number of rotatable bonds is 3. The number of hydrogen-bond acceptors (Lipinski definition) is 5. The van der Waals surface area contributed by atoms with Crippen LogP contribution >= 0.6 is 0 Å². The maximum absolute atomic E-state index is 12.2. The van der Waals surface area contributed by atoms with Gasteiger partial charge in [0.05, 0.1) is 6.54 Å². The third kappa shape index (κ3) is 2.28. The fraction of sp³-hybridized carbons (Fsp3) is 0.400. The van der Waals surface area contributed by atoms with Crippen LogP contribution in [-0.4, -0.2) is 33.4 Å². The maximum Gasteiger partial charge on any atom is 0.265 e. The minimum Gasteiger partial charge on any atom is -0.485 e. The molecular formula is C15H16N4O3. The van der Waals surface area contributed by atoms with Crippen LogP contribution in [0, 0.1) is 0 Å². The SMILES string of the molecule is O=C(NCc1nnc2n1CCC2)[C@@H]1COc2ccccc2O1. The Morgan fingerprint density at radius 3 is 3.09 bits per heavy atom. The highest BCUT2D eigenvalue weighted by molar-refractivity contribution is 5.81. The average molecular weight is 300 g/mol. The largest absolute Gasteiger partial charge is 0.485 e. The Kier molecular flexibility index (Phi) is 3.17. The summed E-state index contributed by atoms with van der Waals surface area (Å²) in [6.45, 7) is 1.48. The minimum atomic E-state index is -0.643. The number of ether oxygens (including phenoxy) is 2. The highest BCUT2D eigenvalue weighted by atomic mass is 16.6. The van der Waals surface area contributed by atoms with Gasteiger partial charge in [-0.3, -0.25) is 4.79 Å². The van der Waals surface area contributed by atoms with E-state index in [4.69, 9.17) is 9.47 Å². The van der Waals surface area contributed by atoms with Gasteiger partial charge in [-0.2, -0.15) is 0 Å². The number of para-hydroxylation sites is 2. The van der Waals surface area contributed by atoms with Crippen LogP contribution in [0.3, 0.4) is 0 Å². The molecule has 7 heteroatoms. The van der Waals surface area contributed by atoms with Gasteiger partial charge in [-0.1, -0.05) is 12.1 Å². The van der Waals surface area contributed by atoms with Gasteiger partial charge in [-0.05, 0) is 18.6 Å². The molecule has 114 valence electrons. The monoisotopic (exact) mass is 300 g/mol. The molecule has 0 saturated carbocycles. The molecule has 0 spiro atoms. The lowest BCUT2D eigenvalue weighted by Gasteiger charge is -2.25. The van der Waals surface area contributed by atoms with E-state index in [1.165, 1.54) is 0 Å². The van der Waals surface area contributed by atoms with E-state index in [1.807, 2.05) is 18.2 Å². The highest BCUT2D eigenvalue weighted by Crippen LogP contribution is 2.30. The Balaban J connectivity index is 1.39. The van der Waals surface area contributed by atoms with Crippen LogP contribution in [0.4, 0.5) is 0 Å². The molecule has 0 unspecified atom stereocenters. The van der Waals surface area contributed by atoms with E-state index < -0.39 is 6.10 Å².